The van der Waals surface area contributed by atoms with Crippen LogP contribution in [0.3, 0.4) is 0 Å². The lowest BCUT2D eigenvalue weighted by molar-refractivity contribution is -0.0933. The second kappa shape index (κ2) is 4.55. The van der Waals surface area contributed by atoms with Gasteiger partial charge in [0.1, 0.15) is 0 Å². The van der Waals surface area contributed by atoms with E-state index in [2.05, 4.69) is 37.3 Å². The largest absolute Gasteiger partial charge is 0.393 e. The predicted octanol–water partition coefficient (Wildman–Crippen LogP) is 4.45. The van der Waals surface area contributed by atoms with Crippen molar-refractivity contribution < 1.29 is 0 Å². The van der Waals surface area contributed by atoms with E-state index >= 15 is 0 Å². The van der Waals surface area contributed by atoms with Crippen molar-refractivity contribution in [2.45, 2.75) is 50.9 Å². The molecule has 2 atom stereocenters. The van der Waals surface area contributed by atoms with Gasteiger partial charge in [-0.15, -0.1) is 0 Å². The lowest BCUT2D eigenvalue weighted by atomic mass is 9.40. The fraction of sp³-hybridized carbons (Fsp3) is 0.632. The van der Waals surface area contributed by atoms with E-state index in [0.717, 1.165) is 16.8 Å². The zero-order valence-electron chi connectivity index (χ0n) is 12.8. The second-order valence-electron chi connectivity index (χ2n) is 7.94. The highest BCUT2D eigenvalue weighted by molar-refractivity contribution is 7.80. The van der Waals surface area contributed by atoms with Crippen LogP contribution in [-0.2, 0) is 5.41 Å². The number of nitrogens with two attached hydrogens (primary N) is 1. The van der Waals surface area contributed by atoms with Crippen LogP contribution >= 0.6 is 12.2 Å². The summed E-state index contributed by atoms with van der Waals surface area (Å²) in [4.78, 5) is 0.790. The van der Waals surface area contributed by atoms with Crippen LogP contribution in [0.2, 0.25) is 0 Å². The van der Waals surface area contributed by atoms with Gasteiger partial charge in [0, 0.05) is 5.92 Å². The van der Waals surface area contributed by atoms with E-state index in [1.165, 1.54) is 38.5 Å². The van der Waals surface area contributed by atoms with Gasteiger partial charge in [0.15, 0.2) is 0 Å². The molecule has 4 aliphatic carbocycles. The number of rotatable bonds is 3. The molecule has 4 bridgehead atoms. The third kappa shape index (κ3) is 1.91. The molecule has 5 rings (SSSR count). The first-order chi connectivity index (χ1) is 10.1. The van der Waals surface area contributed by atoms with Crippen molar-refractivity contribution >= 4 is 17.2 Å². The molecule has 4 saturated carbocycles. The molecule has 112 valence electrons. The van der Waals surface area contributed by atoms with Crippen molar-refractivity contribution in [2.75, 3.05) is 0 Å². The molecule has 4 fully saturated rings. The van der Waals surface area contributed by atoms with Crippen molar-refractivity contribution in [1.82, 2.24) is 0 Å². The van der Waals surface area contributed by atoms with Gasteiger partial charge in [0.05, 0.1) is 4.99 Å². The van der Waals surface area contributed by atoms with Crippen LogP contribution in [0.4, 0.5) is 0 Å². The third-order valence-electron chi connectivity index (χ3n) is 6.89. The van der Waals surface area contributed by atoms with E-state index in [1.807, 2.05) is 0 Å². The van der Waals surface area contributed by atoms with Gasteiger partial charge >= 0.3 is 0 Å². The molecule has 21 heavy (non-hydrogen) atoms. The molecule has 2 heteroatoms. The molecule has 1 aromatic rings. The van der Waals surface area contributed by atoms with Crippen LogP contribution in [0, 0.1) is 23.2 Å². The summed E-state index contributed by atoms with van der Waals surface area (Å²) in [5, 5.41) is 0. The number of hydrogen-bond donors (Lipinski definition) is 1. The summed E-state index contributed by atoms with van der Waals surface area (Å²) in [5.41, 5.74) is 8.65. The van der Waals surface area contributed by atoms with Gasteiger partial charge in [-0.3, -0.25) is 0 Å². The molecule has 0 amide bonds. The first kappa shape index (κ1) is 13.8. The average molecular weight is 299 g/mol. The minimum atomic E-state index is 0.407. The Morgan fingerprint density at radius 2 is 1.76 bits per heavy atom. The summed E-state index contributed by atoms with van der Waals surface area (Å²) in [6.45, 7) is 2.39. The molecule has 0 heterocycles. The molecule has 0 spiro atoms. The van der Waals surface area contributed by atoms with Crippen LogP contribution < -0.4 is 5.73 Å². The monoisotopic (exact) mass is 299 g/mol. The Morgan fingerprint density at radius 3 is 2.29 bits per heavy atom. The number of benzene rings is 1. The first-order valence-corrected chi connectivity index (χ1v) is 8.83. The minimum Gasteiger partial charge on any atom is -0.393 e. The van der Waals surface area contributed by atoms with Gasteiger partial charge in [0.2, 0.25) is 0 Å². The molecule has 0 radical (unpaired) electrons. The fourth-order valence-electron chi connectivity index (χ4n) is 6.33. The lowest BCUT2D eigenvalue weighted by Gasteiger charge is -2.65. The highest BCUT2D eigenvalue weighted by Crippen LogP contribution is 2.68. The van der Waals surface area contributed by atoms with Gasteiger partial charge in [-0.2, -0.15) is 0 Å². The average Bonchev–Trinajstić information content (AvgIpc) is 2.47. The number of hydrogen-bond acceptors (Lipinski definition) is 1. The Labute approximate surface area is 133 Å². The highest BCUT2D eigenvalue weighted by Gasteiger charge is 2.61. The van der Waals surface area contributed by atoms with Crippen molar-refractivity contribution in [3.8, 4) is 0 Å². The molecule has 0 saturated heterocycles. The van der Waals surface area contributed by atoms with Crippen molar-refractivity contribution in [1.29, 1.82) is 0 Å². The highest BCUT2D eigenvalue weighted by atomic mass is 32.1. The molecule has 0 aliphatic heterocycles. The molecule has 1 aromatic carbocycles. The molecule has 4 aliphatic rings. The summed E-state index contributed by atoms with van der Waals surface area (Å²) in [5.74, 6) is 1.96. The first-order valence-electron chi connectivity index (χ1n) is 8.42. The maximum Gasteiger partial charge on any atom is 0.0764 e. The molecule has 2 N–H and O–H groups in total. The molecule has 1 nitrogen and oxygen atoms in total. The predicted molar refractivity (Wildman–Crippen MR) is 91.2 cm³/mol. The topological polar surface area (TPSA) is 26.0 Å². The van der Waals surface area contributed by atoms with E-state index in [-0.39, 0.29) is 0 Å². The molecular weight excluding hydrogens is 274 g/mol. The van der Waals surface area contributed by atoms with Crippen molar-refractivity contribution in [3.63, 3.8) is 0 Å². The Balaban J connectivity index is 1.78. The normalized spacial score (nSPS) is 44.0. The fourth-order valence-corrected chi connectivity index (χ4v) is 6.72. The van der Waals surface area contributed by atoms with Gasteiger partial charge in [-0.1, -0.05) is 55.9 Å². The Hall–Kier alpha value is -0.890. The standard InChI is InChI=1S/C19H25NS/c1-2-18-8-13-10-19(12-18,15-6-4-3-5-7-15)11-14(9-18)16(13)17(20)21/h3-7,13-14,16H,2,8-12H2,1H3,(H2,20,21). The Morgan fingerprint density at radius 1 is 1.14 bits per heavy atom. The summed E-state index contributed by atoms with van der Waals surface area (Å²) in [6.07, 6.45) is 8.03. The molecule has 0 aromatic heterocycles. The van der Waals surface area contributed by atoms with E-state index < -0.39 is 0 Å². The summed E-state index contributed by atoms with van der Waals surface area (Å²) >= 11 is 5.43. The van der Waals surface area contributed by atoms with Gasteiger partial charge in [-0.05, 0) is 60.3 Å². The second-order valence-corrected chi connectivity index (χ2v) is 8.41. The van der Waals surface area contributed by atoms with Crippen LogP contribution in [0.1, 0.15) is 51.0 Å². The van der Waals surface area contributed by atoms with E-state index in [1.54, 1.807) is 5.56 Å². The maximum absolute atomic E-state index is 6.12. The van der Waals surface area contributed by atoms with Crippen molar-refractivity contribution in [2.24, 2.45) is 28.9 Å². The van der Waals surface area contributed by atoms with E-state index in [4.69, 9.17) is 18.0 Å². The Bertz CT molecular complexity index is 548. The zero-order chi connectivity index (χ0) is 14.7. The van der Waals surface area contributed by atoms with Crippen LogP contribution in [0.15, 0.2) is 30.3 Å². The van der Waals surface area contributed by atoms with Crippen LogP contribution in [0.25, 0.3) is 0 Å². The van der Waals surface area contributed by atoms with Crippen LogP contribution in [0.5, 0.6) is 0 Å². The van der Waals surface area contributed by atoms with E-state index in [0.29, 0.717) is 16.7 Å². The lowest BCUT2D eigenvalue weighted by Crippen LogP contribution is -2.59. The van der Waals surface area contributed by atoms with E-state index in [9.17, 15) is 0 Å². The smallest absolute Gasteiger partial charge is 0.0764 e. The Kier molecular flexibility index (Phi) is 2.98. The van der Waals surface area contributed by atoms with Gasteiger partial charge in [0.25, 0.3) is 0 Å². The minimum absolute atomic E-state index is 0.407. The van der Waals surface area contributed by atoms with Crippen molar-refractivity contribution in [3.05, 3.63) is 35.9 Å². The van der Waals surface area contributed by atoms with Gasteiger partial charge < -0.3 is 5.73 Å². The third-order valence-corrected chi connectivity index (χ3v) is 7.16. The summed E-state index contributed by atoms with van der Waals surface area (Å²) in [7, 11) is 0. The molecule has 2 unspecified atom stereocenters. The SMILES string of the molecule is CCC12CC3CC(c4ccccc4)(CC(C1)C3C(N)=S)C2. The number of thiocarbonyl (C=S) groups is 1. The maximum atomic E-state index is 6.12. The van der Waals surface area contributed by atoms with Crippen LogP contribution in [-0.4, -0.2) is 4.99 Å². The summed E-state index contributed by atoms with van der Waals surface area (Å²) in [6, 6.07) is 11.3. The summed E-state index contributed by atoms with van der Waals surface area (Å²) < 4.78 is 0. The van der Waals surface area contributed by atoms with Gasteiger partial charge in [-0.25, -0.2) is 0 Å². The molecular formula is C19H25NS. The zero-order valence-corrected chi connectivity index (χ0v) is 13.7. The quantitative estimate of drug-likeness (QED) is 0.835.